The number of benzene rings is 1. The molecular formula is C19H21NO7. The van der Waals surface area contributed by atoms with E-state index >= 15 is 0 Å². The molecule has 8 nitrogen and oxygen atoms in total. The second-order valence-electron chi connectivity index (χ2n) is 6.35. The average Bonchev–Trinajstić information content (AvgIpc) is 2.99. The van der Waals surface area contributed by atoms with Gasteiger partial charge in [0.1, 0.15) is 29.8 Å². The first-order valence-electron chi connectivity index (χ1n) is 8.37. The minimum Gasteiger partial charge on any atom is -0.496 e. The largest absolute Gasteiger partial charge is 0.496 e. The van der Waals surface area contributed by atoms with Crippen molar-refractivity contribution in [2.24, 2.45) is 0 Å². The third kappa shape index (κ3) is 3.35. The van der Waals surface area contributed by atoms with Crippen LogP contribution in [0.5, 0.6) is 11.5 Å². The van der Waals surface area contributed by atoms with Crippen LogP contribution in [0.2, 0.25) is 0 Å². The van der Waals surface area contributed by atoms with Gasteiger partial charge in [0.25, 0.3) is 5.91 Å². The van der Waals surface area contributed by atoms with Crippen molar-refractivity contribution in [2.45, 2.75) is 26.0 Å². The van der Waals surface area contributed by atoms with Crippen molar-refractivity contribution in [3.63, 3.8) is 0 Å². The Kier molecular flexibility index (Phi) is 5.09. The van der Waals surface area contributed by atoms with Gasteiger partial charge in [-0.25, -0.2) is 0 Å². The maximum atomic E-state index is 13.1. The molecule has 2 aromatic rings. The molecule has 2 N–H and O–H groups in total. The molecule has 0 spiro atoms. The Morgan fingerprint density at radius 1 is 1.26 bits per heavy atom. The number of amides is 1. The number of nitrogens with zero attached hydrogens (tertiary/aromatic N) is 1. The molecule has 0 radical (unpaired) electrons. The Morgan fingerprint density at radius 2 is 1.93 bits per heavy atom. The molecule has 1 aliphatic rings. The molecule has 0 aliphatic carbocycles. The van der Waals surface area contributed by atoms with Crippen LogP contribution < -0.4 is 9.47 Å². The maximum Gasteiger partial charge on any atom is 0.311 e. The molecular weight excluding hydrogens is 354 g/mol. The van der Waals surface area contributed by atoms with Gasteiger partial charge >= 0.3 is 5.97 Å². The summed E-state index contributed by atoms with van der Waals surface area (Å²) >= 11 is 0. The zero-order chi connectivity index (χ0) is 19.7. The molecule has 0 saturated carbocycles. The molecule has 0 bridgehead atoms. The molecule has 1 atom stereocenters. The van der Waals surface area contributed by atoms with E-state index in [1.807, 2.05) is 0 Å². The van der Waals surface area contributed by atoms with Crippen LogP contribution in [0.15, 0.2) is 22.8 Å². The number of β-amino-alcohol motifs (C(OH)–C–C–N with tert-alkyl or cyclic N) is 1. The summed E-state index contributed by atoms with van der Waals surface area (Å²) in [7, 11) is 3.03. The second-order valence-corrected chi connectivity index (χ2v) is 6.35. The molecule has 1 aromatic carbocycles. The van der Waals surface area contributed by atoms with Gasteiger partial charge in [0.15, 0.2) is 0 Å². The smallest absolute Gasteiger partial charge is 0.311 e. The number of aliphatic carboxylic acids is 1. The van der Waals surface area contributed by atoms with E-state index in [0.717, 1.165) is 0 Å². The highest BCUT2D eigenvalue weighted by Gasteiger charge is 2.34. The van der Waals surface area contributed by atoms with Crippen LogP contribution >= 0.6 is 0 Å². The van der Waals surface area contributed by atoms with E-state index in [0.29, 0.717) is 28.2 Å². The lowest BCUT2D eigenvalue weighted by atomic mass is 9.94. The third-order valence-electron chi connectivity index (χ3n) is 4.65. The van der Waals surface area contributed by atoms with Crippen molar-refractivity contribution >= 4 is 11.9 Å². The molecule has 27 heavy (non-hydrogen) atoms. The highest BCUT2D eigenvalue weighted by molar-refractivity contribution is 5.97. The van der Waals surface area contributed by atoms with Crippen LogP contribution in [0.1, 0.15) is 38.9 Å². The predicted molar refractivity (Wildman–Crippen MR) is 94.0 cm³/mol. The van der Waals surface area contributed by atoms with Gasteiger partial charge in [-0.2, -0.15) is 0 Å². The van der Waals surface area contributed by atoms with Crippen molar-refractivity contribution in [3.05, 3.63) is 46.4 Å². The summed E-state index contributed by atoms with van der Waals surface area (Å²) in [5, 5.41) is 19.7. The Hall–Kier alpha value is -3.00. The number of methoxy groups -OCH3 is 2. The number of carboxylic acid groups (broad SMARTS) is 1. The van der Waals surface area contributed by atoms with E-state index < -0.39 is 18.0 Å². The number of fused-ring (bicyclic) bond motifs is 1. The monoisotopic (exact) mass is 375 g/mol. The number of rotatable bonds is 5. The molecule has 2 heterocycles. The minimum atomic E-state index is -1.09. The lowest BCUT2D eigenvalue weighted by molar-refractivity contribution is -0.136. The van der Waals surface area contributed by atoms with Crippen molar-refractivity contribution in [2.75, 3.05) is 20.8 Å². The molecule has 1 aliphatic heterocycles. The zero-order valence-electron chi connectivity index (χ0n) is 15.3. The van der Waals surface area contributed by atoms with E-state index in [9.17, 15) is 14.7 Å². The van der Waals surface area contributed by atoms with E-state index in [4.69, 9.17) is 19.0 Å². The first-order chi connectivity index (χ1) is 12.9. The molecule has 1 unspecified atom stereocenters. The van der Waals surface area contributed by atoms with Gasteiger partial charge in [0.2, 0.25) is 0 Å². The van der Waals surface area contributed by atoms with Gasteiger partial charge < -0.3 is 29.0 Å². The summed E-state index contributed by atoms with van der Waals surface area (Å²) < 4.78 is 16.0. The van der Waals surface area contributed by atoms with Gasteiger partial charge in [0, 0.05) is 16.7 Å². The molecule has 3 rings (SSSR count). The fourth-order valence-electron chi connectivity index (χ4n) is 3.44. The fraction of sp³-hybridized carbons (Fsp3) is 0.368. The Labute approximate surface area is 155 Å². The quantitative estimate of drug-likeness (QED) is 0.822. The van der Waals surface area contributed by atoms with Gasteiger partial charge in [-0.15, -0.1) is 0 Å². The molecule has 1 amide bonds. The van der Waals surface area contributed by atoms with Crippen LogP contribution in [-0.4, -0.2) is 47.8 Å². The SMILES string of the molecule is COc1ccc(OC)c2c1CN(C(=O)c1c(C)coc1CC(=O)O)CC2O. The number of carbonyl (C=O) groups excluding carboxylic acids is 1. The number of carboxylic acids is 1. The summed E-state index contributed by atoms with van der Waals surface area (Å²) in [5.41, 5.74) is 2.02. The van der Waals surface area contributed by atoms with Crippen LogP contribution in [0.3, 0.4) is 0 Å². The number of hydrogen-bond acceptors (Lipinski definition) is 6. The number of aliphatic hydroxyl groups excluding tert-OH is 1. The molecule has 0 fully saturated rings. The fourth-order valence-corrected chi connectivity index (χ4v) is 3.44. The van der Waals surface area contributed by atoms with Crippen molar-refractivity contribution < 1.29 is 33.7 Å². The molecule has 0 saturated heterocycles. The summed E-state index contributed by atoms with van der Waals surface area (Å²) in [6.45, 7) is 1.93. The lowest BCUT2D eigenvalue weighted by Gasteiger charge is -2.34. The van der Waals surface area contributed by atoms with Gasteiger partial charge in [0.05, 0.1) is 39.1 Å². The van der Waals surface area contributed by atoms with Crippen molar-refractivity contribution in [3.8, 4) is 11.5 Å². The summed E-state index contributed by atoms with van der Waals surface area (Å²) in [6, 6.07) is 3.43. The van der Waals surface area contributed by atoms with Crippen LogP contribution in [0.4, 0.5) is 0 Å². The van der Waals surface area contributed by atoms with Crippen molar-refractivity contribution in [1.82, 2.24) is 4.90 Å². The van der Waals surface area contributed by atoms with E-state index in [1.54, 1.807) is 19.1 Å². The highest BCUT2D eigenvalue weighted by atomic mass is 16.5. The number of carbonyl (C=O) groups is 2. The van der Waals surface area contributed by atoms with Gasteiger partial charge in [-0.1, -0.05) is 0 Å². The van der Waals surface area contributed by atoms with Crippen molar-refractivity contribution in [1.29, 1.82) is 0 Å². The topological polar surface area (TPSA) is 109 Å². The Morgan fingerprint density at radius 3 is 2.56 bits per heavy atom. The first kappa shape index (κ1) is 18.8. The zero-order valence-corrected chi connectivity index (χ0v) is 15.3. The Bertz CT molecular complexity index is 886. The Balaban J connectivity index is 1.99. The van der Waals surface area contributed by atoms with E-state index in [-0.39, 0.29) is 30.8 Å². The normalized spacial score (nSPS) is 16.0. The third-order valence-corrected chi connectivity index (χ3v) is 4.65. The van der Waals surface area contributed by atoms with E-state index in [2.05, 4.69) is 0 Å². The summed E-state index contributed by atoms with van der Waals surface area (Å²) in [6.07, 6.45) is 0.0144. The van der Waals surface area contributed by atoms with Gasteiger partial charge in [-0.3, -0.25) is 9.59 Å². The maximum absolute atomic E-state index is 13.1. The van der Waals surface area contributed by atoms with Gasteiger partial charge in [-0.05, 0) is 19.1 Å². The molecule has 8 heteroatoms. The number of furan rings is 1. The summed E-state index contributed by atoms with van der Waals surface area (Å²) in [4.78, 5) is 25.6. The highest BCUT2D eigenvalue weighted by Crippen LogP contribution is 2.40. The second kappa shape index (κ2) is 7.32. The van der Waals surface area contributed by atoms with Crippen LogP contribution in [-0.2, 0) is 17.8 Å². The average molecular weight is 375 g/mol. The van der Waals surface area contributed by atoms with Crippen LogP contribution in [0.25, 0.3) is 0 Å². The standard InChI is InChI=1S/C19H21NO7/c1-10-9-27-15(6-16(22)23)17(10)19(24)20-7-11-13(25-2)4-5-14(26-3)18(11)12(21)8-20/h4-5,9,12,21H,6-8H2,1-3H3,(H,22,23). The number of aryl methyl sites for hydroxylation is 1. The lowest BCUT2D eigenvalue weighted by Crippen LogP contribution is -2.39. The minimum absolute atomic E-state index is 0.0481. The summed E-state index contributed by atoms with van der Waals surface area (Å²) in [5.74, 6) is -0.322. The predicted octanol–water partition coefficient (Wildman–Crippen LogP) is 1.92. The number of ether oxygens (including phenoxy) is 2. The molecule has 144 valence electrons. The molecule has 1 aromatic heterocycles. The van der Waals surface area contributed by atoms with E-state index in [1.165, 1.54) is 25.4 Å². The number of aliphatic hydroxyl groups is 1. The number of hydrogen-bond donors (Lipinski definition) is 2. The first-order valence-corrected chi connectivity index (χ1v) is 8.37. The van der Waals surface area contributed by atoms with Crippen LogP contribution in [0, 0.1) is 6.92 Å².